The molecule has 0 bridgehead atoms. The number of benzene rings is 1. The zero-order chi connectivity index (χ0) is 16.4. The Labute approximate surface area is 137 Å². The lowest BCUT2D eigenvalue weighted by atomic mass is 9.99. The molecule has 0 aliphatic carbocycles. The highest BCUT2D eigenvalue weighted by Gasteiger charge is 2.28. The first-order valence-corrected chi connectivity index (χ1v) is 7.99. The topological polar surface area (TPSA) is 58.5 Å². The van der Waals surface area contributed by atoms with Crippen molar-refractivity contribution in [3.05, 3.63) is 35.8 Å². The predicted octanol–water partition coefficient (Wildman–Crippen LogP) is 2.73. The van der Waals surface area contributed by atoms with E-state index < -0.39 is 0 Å². The van der Waals surface area contributed by atoms with E-state index in [0.717, 1.165) is 53.3 Å². The van der Waals surface area contributed by atoms with Crippen LogP contribution in [0.25, 0.3) is 11.1 Å². The standard InChI is InChI=1S/C18H23N3O2/c1-12-9-15(23-3)6-7-16(12)17-13(2)19-11-20-18(17)21-8-4-5-14(21)10-22/h6-7,9,11,14,22H,4-5,8,10H2,1-3H3. The van der Waals surface area contributed by atoms with Gasteiger partial charge in [-0.05, 0) is 49.9 Å². The number of hydrogen-bond donors (Lipinski definition) is 1. The summed E-state index contributed by atoms with van der Waals surface area (Å²) in [5.41, 5.74) is 4.24. The van der Waals surface area contributed by atoms with Gasteiger partial charge in [-0.3, -0.25) is 0 Å². The van der Waals surface area contributed by atoms with Gasteiger partial charge < -0.3 is 14.7 Å². The molecule has 23 heavy (non-hydrogen) atoms. The molecule has 2 heterocycles. The largest absolute Gasteiger partial charge is 0.497 e. The fraction of sp³-hybridized carbons (Fsp3) is 0.444. The van der Waals surface area contributed by atoms with Crippen LogP contribution in [0, 0.1) is 13.8 Å². The van der Waals surface area contributed by atoms with Gasteiger partial charge in [-0.25, -0.2) is 9.97 Å². The molecule has 1 atom stereocenters. The number of aryl methyl sites for hydroxylation is 2. The van der Waals surface area contributed by atoms with E-state index in [1.165, 1.54) is 0 Å². The maximum Gasteiger partial charge on any atom is 0.140 e. The first-order valence-electron chi connectivity index (χ1n) is 7.99. The van der Waals surface area contributed by atoms with Gasteiger partial charge in [0, 0.05) is 12.1 Å². The Hall–Kier alpha value is -2.14. The van der Waals surface area contributed by atoms with Crippen LogP contribution in [0.4, 0.5) is 5.82 Å². The summed E-state index contributed by atoms with van der Waals surface area (Å²) in [7, 11) is 1.67. The van der Waals surface area contributed by atoms with Crippen molar-refractivity contribution >= 4 is 5.82 Å². The first-order chi connectivity index (χ1) is 11.2. The third kappa shape index (κ3) is 2.88. The third-order valence-electron chi connectivity index (χ3n) is 4.58. The molecule has 0 radical (unpaired) electrons. The number of hydrogen-bond acceptors (Lipinski definition) is 5. The summed E-state index contributed by atoms with van der Waals surface area (Å²) in [6.07, 6.45) is 3.69. The van der Waals surface area contributed by atoms with Crippen molar-refractivity contribution in [2.75, 3.05) is 25.2 Å². The van der Waals surface area contributed by atoms with Crippen LogP contribution >= 0.6 is 0 Å². The van der Waals surface area contributed by atoms with Crippen LogP contribution < -0.4 is 9.64 Å². The van der Waals surface area contributed by atoms with Gasteiger partial charge in [0.05, 0.1) is 25.5 Å². The van der Waals surface area contributed by atoms with Crippen LogP contribution in [-0.4, -0.2) is 41.4 Å². The highest BCUT2D eigenvalue weighted by atomic mass is 16.5. The average molecular weight is 313 g/mol. The third-order valence-corrected chi connectivity index (χ3v) is 4.58. The van der Waals surface area contributed by atoms with E-state index in [0.29, 0.717) is 0 Å². The van der Waals surface area contributed by atoms with E-state index in [1.54, 1.807) is 13.4 Å². The number of aliphatic hydroxyl groups excluding tert-OH is 1. The van der Waals surface area contributed by atoms with E-state index in [2.05, 4.69) is 27.9 Å². The fourth-order valence-corrected chi connectivity index (χ4v) is 3.34. The SMILES string of the molecule is COc1ccc(-c2c(C)ncnc2N2CCCC2CO)c(C)c1. The van der Waals surface area contributed by atoms with E-state index in [-0.39, 0.29) is 12.6 Å². The minimum absolute atomic E-state index is 0.140. The molecule has 2 aromatic rings. The smallest absolute Gasteiger partial charge is 0.140 e. The van der Waals surface area contributed by atoms with Crippen LogP contribution in [0.1, 0.15) is 24.1 Å². The molecule has 0 amide bonds. The van der Waals surface area contributed by atoms with E-state index in [9.17, 15) is 5.11 Å². The van der Waals surface area contributed by atoms with Crippen molar-refractivity contribution in [2.45, 2.75) is 32.7 Å². The molecule has 1 N–H and O–H groups in total. The number of aliphatic hydroxyl groups is 1. The van der Waals surface area contributed by atoms with Crippen LogP contribution in [0.2, 0.25) is 0 Å². The monoisotopic (exact) mass is 313 g/mol. The Morgan fingerprint density at radius 1 is 1.30 bits per heavy atom. The van der Waals surface area contributed by atoms with Gasteiger partial charge in [-0.1, -0.05) is 6.07 Å². The predicted molar refractivity (Wildman–Crippen MR) is 90.9 cm³/mol. The molecule has 1 aliphatic rings. The summed E-state index contributed by atoms with van der Waals surface area (Å²) < 4.78 is 5.31. The number of rotatable bonds is 4. The zero-order valence-electron chi connectivity index (χ0n) is 13.9. The van der Waals surface area contributed by atoms with Crippen molar-refractivity contribution < 1.29 is 9.84 Å². The highest BCUT2D eigenvalue weighted by molar-refractivity contribution is 5.80. The summed E-state index contributed by atoms with van der Waals surface area (Å²) in [6.45, 7) is 5.16. The van der Waals surface area contributed by atoms with Crippen LogP contribution in [0.5, 0.6) is 5.75 Å². The molecular formula is C18H23N3O2. The summed E-state index contributed by atoms with van der Waals surface area (Å²) in [4.78, 5) is 11.2. The molecule has 3 rings (SSSR count). The first kappa shape index (κ1) is 15.7. The van der Waals surface area contributed by atoms with Gasteiger partial charge >= 0.3 is 0 Å². The van der Waals surface area contributed by atoms with Crippen molar-refractivity contribution in [3.63, 3.8) is 0 Å². The Kier molecular flexibility index (Phi) is 4.48. The minimum Gasteiger partial charge on any atom is -0.497 e. The van der Waals surface area contributed by atoms with E-state index >= 15 is 0 Å². The molecule has 0 spiro atoms. The van der Waals surface area contributed by atoms with Gasteiger partial charge in [0.25, 0.3) is 0 Å². The molecule has 0 saturated carbocycles. The molecule has 5 nitrogen and oxygen atoms in total. The molecule has 122 valence electrons. The van der Waals surface area contributed by atoms with Gasteiger partial charge in [-0.15, -0.1) is 0 Å². The quantitative estimate of drug-likeness (QED) is 0.940. The maximum atomic E-state index is 9.65. The van der Waals surface area contributed by atoms with Crippen molar-refractivity contribution in [2.24, 2.45) is 0 Å². The molecule has 1 fully saturated rings. The van der Waals surface area contributed by atoms with Crippen molar-refractivity contribution in [1.82, 2.24) is 9.97 Å². The average Bonchev–Trinajstić information content (AvgIpc) is 3.03. The van der Waals surface area contributed by atoms with Crippen LogP contribution in [0.3, 0.4) is 0 Å². The van der Waals surface area contributed by atoms with Gasteiger partial charge in [0.1, 0.15) is 17.9 Å². The summed E-state index contributed by atoms with van der Waals surface area (Å²) in [6, 6.07) is 6.19. The number of methoxy groups -OCH3 is 1. The second kappa shape index (κ2) is 6.54. The summed E-state index contributed by atoms with van der Waals surface area (Å²) >= 11 is 0. The van der Waals surface area contributed by atoms with E-state index in [1.807, 2.05) is 19.1 Å². The lowest BCUT2D eigenvalue weighted by Gasteiger charge is -2.27. The van der Waals surface area contributed by atoms with Gasteiger partial charge in [-0.2, -0.15) is 0 Å². The van der Waals surface area contributed by atoms with E-state index in [4.69, 9.17) is 4.74 Å². The minimum atomic E-state index is 0.140. The Morgan fingerprint density at radius 2 is 2.13 bits per heavy atom. The van der Waals surface area contributed by atoms with Crippen molar-refractivity contribution in [1.29, 1.82) is 0 Å². The van der Waals surface area contributed by atoms with Crippen LogP contribution in [-0.2, 0) is 0 Å². The molecule has 1 unspecified atom stereocenters. The lowest BCUT2D eigenvalue weighted by molar-refractivity contribution is 0.266. The van der Waals surface area contributed by atoms with Gasteiger partial charge in [0.15, 0.2) is 0 Å². The molecule has 5 heteroatoms. The molecular weight excluding hydrogens is 290 g/mol. The normalized spacial score (nSPS) is 17.6. The molecule has 1 aromatic carbocycles. The molecule has 1 aliphatic heterocycles. The summed E-state index contributed by atoms with van der Waals surface area (Å²) in [5, 5.41) is 9.65. The molecule has 1 aromatic heterocycles. The Morgan fingerprint density at radius 3 is 2.83 bits per heavy atom. The zero-order valence-corrected chi connectivity index (χ0v) is 13.9. The number of ether oxygens (including phenoxy) is 1. The molecule has 1 saturated heterocycles. The number of aromatic nitrogens is 2. The van der Waals surface area contributed by atoms with Crippen molar-refractivity contribution in [3.8, 4) is 16.9 Å². The number of anilines is 1. The fourth-order valence-electron chi connectivity index (χ4n) is 3.34. The Balaban J connectivity index is 2.12. The lowest BCUT2D eigenvalue weighted by Crippen LogP contribution is -2.33. The second-order valence-electron chi connectivity index (χ2n) is 6.01. The number of nitrogens with zero attached hydrogens (tertiary/aromatic N) is 3. The summed E-state index contributed by atoms with van der Waals surface area (Å²) in [5.74, 6) is 1.76. The van der Waals surface area contributed by atoms with Crippen LogP contribution in [0.15, 0.2) is 24.5 Å². The van der Waals surface area contributed by atoms with Gasteiger partial charge in [0.2, 0.25) is 0 Å². The second-order valence-corrected chi connectivity index (χ2v) is 6.01. The highest BCUT2D eigenvalue weighted by Crippen LogP contribution is 2.37. The maximum absolute atomic E-state index is 9.65. The Bertz CT molecular complexity index is 703.